The van der Waals surface area contributed by atoms with Crippen LogP contribution in [0.1, 0.15) is 55.3 Å². The fourth-order valence-corrected chi connectivity index (χ4v) is 4.38. The van der Waals surface area contributed by atoms with Crippen LogP contribution in [0.25, 0.3) is 10.9 Å². The van der Waals surface area contributed by atoms with Crippen molar-refractivity contribution >= 4 is 10.9 Å². The molecule has 4 nitrogen and oxygen atoms in total. The molecule has 0 radical (unpaired) electrons. The summed E-state index contributed by atoms with van der Waals surface area (Å²) in [6, 6.07) is 9.19. The van der Waals surface area contributed by atoms with Crippen LogP contribution in [0.2, 0.25) is 0 Å². The number of nitrogens with zero attached hydrogens (tertiary/aromatic N) is 3. The molecule has 4 heteroatoms. The molecule has 0 N–H and O–H groups in total. The van der Waals surface area contributed by atoms with Gasteiger partial charge in [0.05, 0.1) is 5.69 Å². The van der Waals surface area contributed by atoms with E-state index in [4.69, 9.17) is 4.52 Å². The van der Waals surface area contributed by atoms with Gasteiger partial charge in [0.2, 0.25) is 0 Å². The molecule has 1 fully saturated rings. The quantitative estimate of drug-likeness (QED) is 0.667. The predicted octanol–water partition coefficient (Wildman–Crippen LogP) is 4.86. The van der Waals surface area contributed by atoms with Crippen molar-refractivity contribution in [3.8, 4) is 0 Å². The van der Waals surface area contributed by atoms with Crippen LogP contribution in [0.15, 0.2) is 35.0 Å². The molecule has 1 atom stereocenters. The zero-order valence-electron chi connectivity index (χ0n) is 15.5. The topological polar surface area (TPSA) is 34.2 Å². The minimum atomic E-state index is 0.435. The second-order valence-electron chi connectivity index (χ2n) is 7.04. The van der Waals surface area contributed by atoms with E-state index < -0.39 is 0 Å². The number of aryl methyl sites for hydroxylation is 3. The molecular weight excluding hydrogens is 310 g/mol. The van der Waals surface area contributed by atoms with Gasteiger partial charge in [0.1, 0.15) is 5.76 Å². The third-order valence-corrected chi connectivity index (χ3v) is 5.59. The molecule has 0 aliphatic carbocycles. The van der Waals surface area contributed by atoms with E-state index in [9.17, 15) is 0 Å². The third-order valence-electron chi connectivity index (χ3n) is 5.59. The molecule has 2 aromatic heterocycles. The summed E-state index contributed by atoms with van der Waals surface area (Å²) in [4.78, 5) is 2.61. The fraction of sp³-hybridized carbons (Fsp3) is 0.476. The van der Waals surface area contributed by atoms with Gasteiger partial charge in [-0.15, -0.1) is 0 Å². The van der Waals surface area contributed by atoms with Crippen LogP contribution in [-0.4, -0.2) is 21.2 Å². The highest BCUT2D eigenvalue weighted by atomic mass is 16.5. The van der Waals surface area contributed by atoms with Gasteiger partial charge in [-0.05, 0) is 44.9 Å². The highest BCUT2D eigenvalue weighted by molar-refractivity contribution is 5.83. The number of likely N-dealkylation sites (tertiary alicyclic amines) is 1. The molecule has 1 aromatic carbocycles. The van der Waals surface area contributed by atoms with Gasteiger partial charge < -0.3 is 9.09 Å². The number of hydrogen-bond donors (Lipinski definition) is 0. The number of benzene rings is 1. The normalized spacial score (nSPS) is 18.4. The summed E-state index contributed by atoms with van der Waals surface area (Å²) in [7, 11) is 0. The zero-order valence-corrected chi connectivity index (χ0v) is 15.5. The Bertz CT molecular complexity index is 877. The largest absolute Gasteiger partial charge is 0.361 e. The molecule has 0 saturated carbocycles. The number of fused-ring (bicyclic) bond motifs is 1. The molecule has 1 aliphatic heterocycles. The Hall–Kier alpha value is -2.07. The van der Waals surface area contributed by atoms with Gasteiger partial charge in [-0.25, -0.2) is 0 Å². The van der Waals surface area contributed by atoms with Crippen molar-refractivity contribution in [2.45, 2.75) is 59.2 Å². The lowest BCUT2D eigenvalue weighted by atomic mass is 10.0. The number of rotatable bonds is 5. The van der Waals surface area contributed by atoms with E-state index in [2.05, 4.69) is 65.9 Å². The van der Waals surface area contributed by atoms with Crippen LogP contribution in [0, 0.1) is 6.92 Å². The molecule has 3 heterocycles. The monoisotopic (exact) mass is 337 g/mol. The van der Waals surface area contributed by atoms with E-state index >= 15 is 0 Å². The van der Waals surface area contributed by atoms with Gasteiger partial charge in [0, 0.05) is 48.2 Å². The van der Waals surface area contributed by atoms with Crippen molar-refractivity contribution in [1.82, 2.24) is 14.6 Å². The molecular formula is C21H27N3O. The number of aromatic nitrogens is 2. The molecule has 1 aliphatic rings. The molecule has 1 unspecified atom stereocenters. The zero-order chi connectivity index (χ0) is 17.4. The lowest BCUT2D eigenvalue weighted by Gasteiger charge is -2.24. The van der Waals surface area contributed by atoms with Crippen molar-refractivity contribution in [2.75, 3.05) is 6.54 Å². The average molecular weight is 337 g/mol. The summed E-state index contributed by atoms with van der Waals surface area (Å²) >= 11 is 0. The van der Waals surface area contributed by atoms with Gasteiger partial charge in [0.25, 0.3) is 0 Å². The van der Waals surface area contributed by atoms with Crippen LogP contribution >= 0.6 is 0 Å². The van der Waals surface area contributed by atoms with Crippen LogP contribution in [0.3, 0.4) is 0 Å². The van der Waals surface area contributed by atoms with Crippen molar-refractivity contribution < 1.29 is 4.52 Å². The third kappa shape index (κ3) is 2.78. The summed E-state index contributed by atoms with van der Waals surface area (Å²) in [5, 5.41) is 5.62. The van der Waals surface area contributed by atoms with Gasteiger partial charge in [-0.1, -0.05) is 30.3 Å². The maximum Gasteiger partial charge on any atom is 0.141 e. The van der Waals surface area contributed by atoms with Crippen LogP contribution in [0.5, 0.6) is 0 Å². The fourth-order valence-electron chi connectivity index (χ4n) is 4.38. The summed E-state index contributed by atoms with van der Waals surface area (Å²) < 4.78 is 7.93. The van der Waals surface area contributed by atoms with E-state index in [0.29, 0.717) is 6.04 Å². The molecule has 0 spiro atoms. The van der Waals surface area contributed by atoms with Crippen LogP contribution in [0.4, 0.5) is 0 Å². The van der Waals surface area contributed by atoms with E-state index in [0.717, 1.165) is 37.5 Å². The first kappa shape index (κ1) is 16.4. The highest BCUT2D eigenvalue weighted by Gasteiger charge is 2.31. The van der Waals surface area contributed by atoms with Crippen molar-refractivity contribution in [3.63, 3.8) is 0 Å². The highest BCUT2D eigenvalue weighted by Crippen LogP contribution is 2.37. The number of hydrogen-bond acceptors (Lipinski definition) is 3. The minimum absolute atomic E-state index is 0.435. The smallest absolute Gasteiger partial charge is 0.141 e. The standard InChI is InChI=1S/C21H27N3O/c1-4-20-21(15(3)22-25-20)19-11-8-12-24(19)14-16-13-23(5-2)18-10-7-6-9-17(16)18/h6-7,9-10,13,19H,4-5,8,11-12,14H2,1-3H3. The Balaban J connectivity index is 1.67. The van der Waals surface area contributed by atoms with E-state index in [1.54, 1.807) is 0 Å². The summed E-state index contributed by atoms with van der Waals surface area (Å²) in [5.41, 5.74) is 5.16. The molecule has 3 aromatic rings. The van der Waals surface area contributed by atoms with Crippen LogP contribution in [-0.2, 0) is 19.5 Å². The maximum absolute atomic E-state index is 5.57. The Labute approximate surface area is 149 Å². The summed E-state index contributed by atoms with van der Waals surface area (Å²) in [5.74, 6) is 1.06. The average Bonchev–Trinajstić information content (AvgIpc) is 3.32. The van der Waals surface area contributed by atoms with Crippen molar-refractivity contribution in [3.05, 3.63) is 53.0 Å². The Kier molecular flexibility index (Phi) is 4.38. The molecule has 0 amide bonds. The first-order valence-electron chi connectivity index (χ1n) is 9.48. The molecule has 0 bridgehead atoms. The molecule has 1 saturated heterocycles. The predicted molar refractivity (Wildman–Crippen MR) is 101 cm³/mol. The Morgan fingerprint density at radius 1 is 1.24 bits per heavy atom. The van der Waals surface area contributed by atoms with Gasteiger partial charge >= 0.3 is 0 Å². The summed E-state index contributed by atoms with van der Waals surface area (Å²) in [6.07, 6.45) is 5.68. The molecule has 132 valence electrons. The van der Waals surface area contributed by atoms with E-state index in [1.807, 2.05) is 0 Å². The van der Waals surface area contributed by atoms with Crippen molar-refractivity contribution in [2.24, 2.45) is 0 Å². The molecule has 4 rings (SSSR count). The first-order chi connectivity index (χ1) is 12.2. The first-order valence-corrected chi connectivity index (χ1v) is 9.48. The lowest BCUT2D eigenvalue weighted by molar-refractivity contribution is 0.245. The number of para-hydroxylation sites is 1. The second-order valence-corrected chi connectivity index (χ2v) is 7.04. The second kappa shape index (κ2) is 6.68. The van der Waals surface area contributed by atoms with Crippen molar-refractivity contribution in [1.29, 1.82) is 0 Å². The van der Waals surface area contributed by atoms with E-state index in [1.165, 1.54) is 34.9 Å². The summed E-state index contributed by atoms with van der Waals surface area (Å²) in [6.45, 7) is 9.59. The Morgan fingerprint density at radius 3 is 2.88 bits per heavy atom. The maximum atomic E-state index is 5.57. The molecule has 25 heavy (non-hydrogen) atoms. The SMILES string of the molecule is CCc1onc(C)c1C1CCCN1Cc1cn(CC)c2ccccc12. The minimum Gasteiger partial charge on any atom is -0.361 e. The van der Waals surface area contributed by atoms with Gasteiger partial charge in [-0.2, -0.15) is 0 Å². The van der Waals surface area contributed by atoms with Crippen LogP contribution < -0.4 is 0 Å². The lowest BCUT2D eigenvalue weighted by Crippen LogP contribution is -2.23. The van der Waals surface area contributed by atoms with Gasteiger partial charge in [-0.3, -0.25) is 4.90 Å². The Morgan fingerprint density at radius 2 is 2.08 bits per heavy atom. The van der Waals surface area contributed by atoms with E-state index in [-0.39, 0.29) is 0 Å². The van der Waals surface area contributed by atoms with Gasteiger partial charge in [0.15, 0.2) is 0 Å².